The number of anilines is 1. The lowest BCUT2D eigenvalue weighted by Crippen LogP contribution is -2.33. The fourth-order valence-electron chi connectivity index (χ4n) is 2.98. The number of hydrogen-bond acceptors (Lipinski definition) is 5. The average molecular weight is 886 g/mol. The average Bonchev–Trinajstić information content (AvgIpc) is 2.98. The van der Waals surface area contributed by atoms with Crippen molar-refractivity contribution in [2.45, 2.75) is 6.42 Å². The molecule has 3 amide bonds. The van der Waals surface area contributed by atoms with Crippen molar-refractivity contribution in [3.8, 4) is 0 Å². The van der Waals surface area contributed by atoms with Gasteiger partial charge < -0.3 is 15.5 Å². The van der Waals surface area contributed by atoms with Gasteiger partial charge in [-0.25, -0.2) is 9.59 Å². The fraction of sp³-hybridized carbons (Fsp3) is 0.105. The van der Waals surface area contributed by atoms with Gasteiger partial charge in [-0.05, 0) is 109 Å². The number of imide groups is 1. The maximum atomic E-state index is 12.9. The number of benzene rings is 2. The van der Waals surface area contributed by atoms with Crippen molar-refractivity contribution in [2.75, 3.05) is 11.9 Å². The van der Waals surface area contributed by atoms with Crippen molar-refractivity contribution in [1.29, 1.82) is 0 Å². The van der Waals surface area contributed by atoms with Crippen LogP contribution in [0.2, 0.25) is 0 Å². The first-order chi connectivity index (χ1) is 14.9. The number of halogens is 4. The van der Waals surface area contributed by atoms with Crippen LogP contribution >= 0.6 is 90.4 Å². The van der Waals surface area contributed by atoms with E-state index < -0.39 is 29.7 Å². The zero-order chi connectivity index (χ0) is 23.9. The Labute approximate surface area is 235 Å². The number of carboxylic acid groups (broad SMARTS) is 2. The van der Waals surface area contributed by atoms with Crippen LogP contribution in [0.5, 0.6) is 0 Å². The number of nitrogens with zero attached hydrogens (tertiary/aromatic N) is 1. The van der Waals surface area contributed by atoms with E-state index in [1.54, 1.807) is 0 Å². The number of carbonyl (C=O) groups excluding carboxylic acids is 3. The van der Waals surface area contributed by atoms with E-state index in [1.807, 2.05) is 45.2 Å². The lowest BCUT2D eigenvalue weighted by Gasteiger charge is -2.14. The maximum absolute atomic E-state index is 12.9. The lowest BCUT2D eigenvalue weighted by molar-refractivity contribution is -0.116. The van der Waals surface area contributed by atoms with Crippen molar-refractivity contribution < 1.29 is 34.2 Å². The van der Waals surface area contributed by atoms with Crippen LogP contribution in [0, 0.1) is 14.3 Å². The van der Waals surface area contributed by atoms with E-state index in [1.165, 1.54) is 0 Å². The van der Waals surface area contributed by atoms with Gasteiger partial charge in [-0.3, -0.25) is 19.3 Å². The van der Waals surface area contributed by atoms with Crippen LogP contribution in [0.4, 0.5) is 5.69 Å². The second-order valence-electron chi connectivity index (χ2n) is 6.48. The highest BCUT2D eigenvalue weighted by Gasteiger charge is 2.40. The highest BCUT2D eigenvalue weighted by Crippen LogP contribution is 2.37. The minimum absolute atomic E-state index is 0.0112. The lowest BCUT2D eigenvalue weighted by atomic mass is 10.1. The topological polar surface area (TPSA) is 141 Å². The first-order valence-corrected chi connectivity index (χ1v) is 12.9. The second kappa shape index (κ2) is 10.0. The predicted octanol–water partition coefficient (Wildman–Crippen LogP) is 4.13. The number of carbonyl (C=O) groups is 5. The number of aromatic carboxylic acids is 2. The Morgan fingerprint density at radius 3 is 1.62 bits per heavy atom. The number of nitrogens with one attached hydrogen (secondary N) is 1. The molecule has 1 aliphatic heterocycles. The van der Waals surface area contributed by atoms with Gasteiger partial charge >= 0.3 is 11.9 Å². The van der Waals surface area contributed by atoms with Gasteiger partial charge in [-0.15, -0.1) is 0 Å². The molecule has 32 heavy (non-hydrogen) atoms. The first kappa shape index (κ1) is 25.5. The van der Waals surface area contributed by atoms with E-state index in [2.05, 4.69) is 50.5 Å². The Balaban J connectivity index is 1.78. The van der Waals surface area contributed by atoms with Gasteiger partial charge in [0.15, 0.2) is 0 Å². The van der Waals surface area contributed by atoms with Crippen molar-refractivity contribution >= 4 is 126 Å². The number of hydrogen-bond donors (Lipinski definition) is 3. The normalized spacial score (nSPS) is 12.7. The molecule has 1 heterocycles. The molecule has 0 saturated carbocycles. The van der Waals surface area contributed by atoms with Crippen molar-refractivity contribution in [3.63, 3.8) is 0 Å². The molecule has 2 aromatic rings. The monoisotopic (exact) mass is 886 g/mol. The van der Waals surface area contributed by atoms with Crippen molar-refractivity contribution in [1.82, 2.24) is 4.90 Å². The van der Waals surface area contributed by atoms with Crippen LogP contribution in [-0.4, -0.2) is 51.3 Å². The summed E-state index contributed by atoms with van der Waals surface area (Å²) in [5.41, 5.74) is 0.0432. The smallest absolute Gasteiger partial charge is 0.335 e. The third kappa shape index (κ3) is 4.88. The van der Waals surface area contributed by atoms with E-state index in [-0.39, 0.29) is 29.8 Å². The van der Waals surface area contributed by atoms with Gasteiger partial charge in [0, 0.05) is 32.9 Å². The highest BCUT2D eigenvalue weighted by molar-refractivity contribution is 14.1. The SMILES string of the molecule is O=C(CCN1C(=O)c2c(I)c(I)c(I)c(I)c2C1=O)Nc1cc(C(=O)O)cc(C(=O)O)c1. The summed E-state index contributed by atoms with van der Waals surface area (Å²) >= 11 is 8.30. The number of fused-ring (bicyclic) bond motifs is 1. The molecule has 0 fully saturated rings. The summed E-state index contributed by atoms with van der Waals surface area (Å²) in [4.78, 5) is 61.6. The van der Waals surface area contributed by atoms with Crippen LogP contribution in [0.15, 0.2) is 18.2 Å². The molecule has 0 atom stereocenters. The van der Waals surface area contributed by atoms with Gasteiger partial charge in [-0.1, -0.05) is 0 Å². The summed E-state index contributed by atoms with van der Waals surface area (Å²) in [6, 6.07) is 3.23. The summed E-state index contributed by atoms with van der Waals surface area (Å²) in [7, 11) is 0. The van der Waals surface area contributed by atoms with Crippen molar-refractivity contribution in [3.05, 3.63) is 54.7 Å². The molecule has 166 valence electrons. The van der Waals surface area contributed by atoms with Gasteiger partial charge in [0.05, 0.1) is 22.3 Å². The van der Waals surface area contributed by atoms with E-state index in [9.17, 15) is 24.0 Å². The zero-order valence-corrected chi connectivity index (χ0v) is 24.2. The Morgan fingerprint density at radius 2 is 1.22 bits per heavy atom. The molecule has 0 spiro atoms. The van der Waals surface area contributed by atoms with Gasteiger partial charge in [0.25, 0.3) is 11.8 Å². The van der Waals surface area contributed by atoms with Gasteiger partial charge in [0.2, 0.25) is 5.91 Å². The molecule has 0 bridgehead atoms. The molecule has 0 aromatic heterocycles. The molecule has 2 aromatic carbocycles. The van der Waals surface area contributed by atoms with Crippen LogP contribution in [0.3, 0.4) is 0 Å². The van der Waals surface area contributed by atoms with Gasteiger partial charge in [-0.2, -0.15) is 0 Å². The molecule has 3 rings (SSSR count). The Hall–Kier alpha value is -1.09. The largest absolute Gasteiger partial charge is 0.478 e. The summed E-state index contributed by atoms with van der Waals surface area (Å²) in [5, 5.41) is 20.7. The number of carboxylic acids is 2. The quantitative estimate of drug-likeness (QED) is 0.172. The molecule has 0 unspecified atom stereocenters. The molecular weight excluding hydrogens is 876 g/mol. The third-order valence-electron chi connectivity index (χ3n) is 4.46. The molecule has 0 aliphatic carbocycles. The summed E-state index contributed by atoms with van der Waals surface area (Å²) in [6.07, 6.45) is -0.244. The molecule has 3 N–H and O–H groups in total. The maximum Gasteiger partial charge on any atom is 0.335 e. The number of rotatable bonds is 6. The summed E-state index contributed by atoms with van der Waals surface area (Å²) in [5.74, 6) is -4.24. The Kier molecular flexibility index (Phi) is 8.01. The second-order valence-corrected chi connectivity index (χ2v) is 10.8. The van der Waals surface area contributed by atoms with Crippen LogP contribution in [-0.2, 0) is 4.79 Å². The molecule has 1 aliphatic rings. The van der Waals surface area contributed by atoms with Gasteiger partial charge in [0.1, 0.15) is 0 Å². The molecule has 13 heteroatoms. The van der Waals surface area contributed by atoms with Crippen molar-refractivity contribution in [2.24, 2.45) is 0 Å². The summed E-state index contributed by atoms with van der Waals surface area (Å²) in [6.45, 7) is -0.179. The predicted molar refractivity (Wildman–Crippen MR) is 146 cm³/mol. The summed E-state index contributed by atoms with van der Waals surface area (Å²) < 4.78 is 3.11. The molecule has 0 saturated heterocycles. The molecular formula is C19H10I4N2O7. The van der Waals surface area contributed by atoms with E-state index in [0.29, 0.717) is 18.3 Å². The van der Waals surface area contributed by atoms with Crippen LogP contribution < -0.4 is 5.32 Å². The standard InChI is InChI=1S/C19H10I4N2O7/c20-12-10-11(13(21)15(23)14(12)22)17(28)25(16(10)27)2-1-9(26)24-8-4-6(18(29)30)3-7(5-8)19(31)32/h3-5H,1-2H2,(H,24,26)(H,29,30)(H,31,32). The van der Waals surface area contributed by atoms with E-state index in [4.69, 9.17) is 10.2 Å². The molecule has 0 radical (unpaired) electrons. The minimum atomic E-state index is -1.34. The zero-order valence-electron chi connectivity index (χ0n) is 15.5. The first-order valence-electron chi connectivity index (χ1n) is 8.57. The highest BCUT2D eigenvalue weighted by atomic mass is 127. The van der Waals surface area contributed by atoms with E-state index in [0.717, 1.165) is 30.2 Å². The Bertz CT molecular complexity index is 1150. The fourth-order valence-corrected chi connectivity index (χ4v) is 6.63. The van der Waals surface area contributed by atoms with E-state index >= 15 is 0 Å². The van der Waals surface area contributed by atoms with Crippen LogP contribution in [0.25, 0.3) is 0 Å². The Morgan fingerprint density at radius 1 is 0.781 bits per heavy atom. The number of amides is 3. The van der Waals surface area contributed by atoms with Crippen LogP contribution in [0.1, 0.15) is 47.9 Å². The minimum Gasteiger partial charge on any atom is -0.478 e. The molecule has 9 nitrogen and oxygen atoms in total. The third-order valence-corrected chi connectivity index (χ3v) is 11.9.